The summed E-state index contributed by atoms with van der Waals surface area (Å²) in [5, 5.41) is 8.29. The van der Waals surface area contributed by atoms with E-state index in [2.05, 4.69) is 10.3 Å². The maximum atomic E-state index is 12.1. The van der Waals surface area contributed by atoms with Crippen LogP contribution in [0.4, 0.5) is 0 Å². The third-order valence-corrected chi connectivity index (χ3v) is 2.60. The molecule has 0 amide bonds. The van der Waals surface area contributed by atoms with Gasteiger partial charge in [-0.25, -0.2) is 0 Å². The molecule has 2 rings (SSSR count). The first kappa shape index (κ1) is 12.7. The summed E-state index contributed by atoms with van der Waals surface area (Å²) in [6.07, 6.45) is 1.60. The highest BCUT2D eigenvalue weighted by Gasteiger charge is 2.13. The van der Waals surface area contributed by atoms with Gasteiger partial charge in [0.15, 0.2) is 5.69 Å². The van der Waals surface area contributed by atoms with Gasteiger partial charge in [0.25, 0.3) is 0 Å². The van der Waals surface area contributed by atoms with Gasteiger partial charge in [-0.2, -0.15) is 0 Å². The van der Waals surface area contributed by atoms with E-state index in [0.29, 0.717) is 22.8 Å². The van der Waals surface area contributed by atoms with E-state index in [0.717, 1.165) is 0 Å². The number of nitrogens with zero attached hydrogens (tertiary/aromatic N) is 3. The summed E-state index contributed by atoms with van der Waals surface area (Å²) in [5.74, 6) is -0.178. The van der Waals surface area contributed by atoms with E-state index in [9.17, 15) is 4.79 Å². The maximum Gasteiger partial charge on any atom is 0.214 e. The minimum atomic E-state index is -0.178. The zero-order valence-electron chi connectivity index (χ0n) is 9.88. The highest BCUT2D eigenvalue weighted by atomic mass is 35.5. The molecule has 0 aliphatic heterocycles. The Morgan fingerprint density at radius 3 is 2.72 bits per heavy atom. The molecule has 18 heavy (non-hydrogen) atoms. The second-order valence-electron chi connectivity index (χ2n) is 4.14. The van der Waals surface area contributed by atoms with Gasteiger partial charge in [-0.15, -0.1) is 5.10 Å². The zero-order chi connectivity index (χ0) is 13.1. The van der Waals surface area contributed by atoms with Crippen LogP contribution in [0.3, 0.4) is 0 Å². The lowest BCUT2D eigenvalue weighted by Gasteiger charge is -2.02. The first-order valence-electron chi connectivity index (χ1n) is 5.52. The second kappa shape index (κ2) is 5.29. The predicted octanol–water partition coefficient (Wildman–Crippen LogP) is 1.51. The van der Waals surface area contributed by atoms with Crippen LogP contribution in [0.1, 0.15) is 23.0 Å². The summed E-state index contributed by atoms with van der Waals surface area (Å²) < 4.78 is 1.56. The molecule has 1 aromatic heterocycles. The van der Waals surface area contributed by atoms with Gasteiger partial charge in [0, 0.05) is 16.6 Å². The molecule has 0 radical (unpaired) electrons. The van der Waals surface area contributed by atoms with Crippen LogP contribution >= 0.6 is 11.6 Å². The van der Waals surface area contributed by atoms with Crippen LogP contribution in [0.2, 0.25) is 5.02 Å². The highest BCUT2D eigenvalue weighted by Crippen LogP contribution is 2.12. The average Bonchev–Trinajstić information content (AvgIpc) is 2.76. The van der Waals surface area contributed by atoms with Crippen LogP contribution in [0.5, 0.6) is 0 Å². The molecular weight excluding hydrogens is 252 g/mol. The van der Waals surface area contributed by atoms with E-state index in [1.807, 2.05) is 6.92 Å². The largest absolute Gasteiger partial charge is 0.326 e. The summed E-state index contributed by atoms with van der Waals surface area (Å²) in [5.41, 5.74) is 6.49. The van der Waals surface area contributed by atoms with Crippen molar-refractivity contribution in [2.75, 3.05) is 0 Å². The Morgan fingerprint density at radius 1 is 1.44 bits per heavy atom. The topological polar surface area (TPSA) is 73.8 Å². The molecule has 6 heteroatoms. The number of hydrogen-bond acceptors (Lipinski definition) is 4. The molecule has 0 aliphatic rings. The lowest BCUT2D eigenvalue weighted by molar-refractivity contribution is 0.103. The fourth-order valence-electron chi connectivity index (χ4n) is 1.54. The highest BCUT2D eigenvalue weighted by molar-refractivity contribution is 6.30. The van der Waals surface area contributed by atoms with Gasteiger partial charge < -0.3 is 5.73 Å². The summed E-state index contributed by atoms with van der Waals surface area (Å²) in [4.78, 5) is 12.1. The molecule has 0 spiro atoms. The summed E-state index contributed by atoms with van der Waals surface area (Å²) >= 11 is 5.77. The fourth-order valence-corrected chi connectivity index (χ4v) is 1.66. The quantitative estimate of drug-likeness (QED) is 0.850. The Morgan fingerprint density at radius 2 is 2.11 bits per heavy atom. The van der Waals surface area contributed by atoms with Gasteiger partial charge in [0.1, 0.15) is 0 Å². The van der Waals surface area contributed by atoms with Crippen molar-refractivity contribution in [2.24, 2.45) is 5.73 Å². The molecule has 94 valence electrons. The number of carbonyl (C=O) groups is 1. The van der Waals surface area contributed by atoms with Crippen LogP contribution in [0.15, 0.2) is 30.5 Å². The first-order valence-corrected chi connectivity index (χ1v) is 5.90. The fraction of sp³-hybridized carbons (Fsp3) is 0.250. The molecule has 0 aliphatic carbocycles. The zero-order valence-corrected chi connectivity index (χ0v) is 10.6. The lowest BCUT2D eigenvalue weighted by atomic mass is 10.1. The summed E-state index contributed by atoms with van der Waals surface area (Å²) in [6.45, 7) is 2.39. The van der Waals surface area contributed by atoms with Gasteiger partial charge in [-0.1, -0.05) is 16.8 Å². The predicted molar refractivity (Wildman–Crippen MR) is 68.6 cm³/mol. The normalized spacial score (nSPS) is 12.4. The second-order valence-corrected chi connectivity index (χ2v) is 4.58. The van der Waals surface area contributed by atoms with E-state index in [4.69, 9.17) is 17.3 Å². The van der Waals surface area contributed by atoms with Crippen LogP contribution in [0, 0.1) is 0 Å². The summed E-state index contributed by atoms with van der Waals surface area (Å²) in [7, 11) is 0. The van der Waals surface area contributed by atoms with E-state index in [-0.39, 0.29) is 11.8 Å². The van der Waals surface area contributed by atoms with Crippen LogP contribution in [0.25, 0.3) is 0 Å². The molecule has 1 aromatic carbocycles. The third-order valence-electron chi connectivity index (χ3n) is 2.35. The van der Waals surface area contributed by atoms with E-state index in [1.165, 1.54) is 0 Å². The monoisotopic (exact) mass is 264 g/mol. The number of nitrogens with two attached hydrogens (primary N) is 1. The van der Waals surface area contributed by atoms with Crippen molar-refractivity contribution in [1.29, 1.82) is 0 Å². The summed E-state index contributed by atoms with van der Waals surface area (Å²) in [6, 6.07) is 6.62. The smallest absolute Gasteiger partial charge is 0.214 e. The molecule has 0 fully saturated rings. The van der Waals surface area contributed by atoms with Crippen molar-refractivity contribution >= 4 is 17.4 Å². The number of ketones is 1. The minimum absolute atomic E-state index is 0.0369. The lowest BCUT2D eigenvalue weighted by Crippen LogP contribution is -2.22. The molecule has 1 heterocycles. The molecule has 2 N–H and O–H groups in total. The Labute approximate surface area is 110 Å². The SMILES string of the molecule is C[C@H](N)Cn1cc(C(=O)c2ccc(Cl)cc2)nn1. The van der Waals surface area contributed by atoms with Crippen molar-refractivity contribution in [2.45, 2.75) is 19.5 Å². The van der Waals surface area contributed by atoms with Crippen molar-refractivity contribution in [3.8, 4) is 0 Å². The molecule has 0 saturated carbocycles. The third kappa shape index (κ3) is 2.94. The van der Waals surface area contributed by atoms with Crippen molar-refractivity contribution < 1.29 is 4.79 Å². The van der Waals surface area contributed by atoms with Crippen LogP contribution in [-0.2, 0) is 6.54 Å². The molecule has 2 aromatic rings. The Hall–Kier alpha value is -1.72. The maximum absolute atomic E-state index is 12.1. The van der Waals surface area contributed by atoms with Gasteiger partial charge in [-0.3, -0.25) is 9.48 Å². The standard InChI is InChI=1S/C12H13ClN4O/c1-8(14)6-17-7-11(15-16-17)12(18)9-2-4-10(13)5-3-9/h2-5,7-8H,6,14H2,1H3/t8-/m0/s1. The Balaban J connectivity index is 2.18. The van der Waals surface area contributed by atoms with Gasteiger partial charge in [-0.05, 0) is 31.2 Å². The molecule has 0 saturated heterocycles. The number of hydrogen-bond donors (Lipinski definition) is 1. The van der Waals surface area contributed by atoms with Gasteiger partial charge in [0.05, 0.1) is 12.7 Å². The van der Waals surface area contributed by atoms with E-state index < -0.39 is 0 Å². The number of benzene rings is 1. The first-order chi connectivity index (χ1) is 8.56. The molecule has 0 bridgehead atoms. The molecule has 5 nitrogen and oxygen atoms in total. The molecule has 1 atom stereocenters. The van der Waals surface area contributed by atoms with Crippen molar-refractivity contribution in [3.05, 3.63) is 46.7 Å². The Kier molecular flexibility index (Phi) is 3.74. The minimum Gasteiger partial charge on any atom is -0.326 e. The van der Waals surface area contributed by atoms with Crippen LogP contribution < -0.4 is 5.73 Å². The van der Waals surface area contributed by atoms with E-state index in [1.54, 1.807) is 35.1 Å². The van der Waals surface area contributed by atoms with Gasteiger partial charge in [0.2, 0.25) is 5.78 Å². The molecule has 0 unspecified atom stereocenters. The average molecular weight is 265 g/mol. The molecular formula is C12H13ClN4O. The van der Waals surface area contributed by atoms with Gasteiger partial charge >= 0.3 is 0 Å². The number of halogens is 1. The van der Waals surface area contributed by atoms with Crippen LogP contribution in [-0.4, -0.2) is 26.8 Å². The number of rotatable bonds is 4. The Bertz CT molecular complexity index is 547. The number of aromatic nitrogens is 3. The number of carbonyl (C=O) groups excluding carboxylic acids is 1. The van der Waals surface area contributed by atoms with E-state index >= 15 is 0 Å². The van der Waals surface area contributed by atoms with Crippen molar-refractivity contribution in [3.63, 3.8) is 0 Å². The van der Waals surface area contributed by atoms with Crippen molar-refractivity contribution in [1.82, 2.24) is 15.0 Å².